The number of ether oxygens (including phenoxy) is 1. The zero-order valence-corrected chi connectivity index (χ0v) is 18.1. The van der Waals surface area contributed by atoms with E-state index < -0.39 is 0 Å². The number of furan rings is 1. The van der Waals surface area contributed by atoms with Crippen molar-refractivity contribution in [3.63, 3.8) is 0 Å². The summed E-state index contributed by atoms with van der Waals surface area (Å²) in [6.45, 7) is 6.43. The van der Waals surface area contributed by atoms with Crippen LogP contribution in [0.2, 0.25) is 0 Å². The fraction of sp³-hybridized carbons (Fsp3) is 0.391. The van der Waals surface area contributed by atoms with Gasteiger partial charge in [0.15, 0.2) is 0 Å². The molecule has 3 aromatic rings. The number of hydrogen-bond acceptors (Lipinski definition) is 4. The summed E-state index contributed by atoms with van der Waals surface area (Å²) in [7, 11) is 1.63. The van der Waals surface area contributed by atoms with Crippen LogP contribution in [0.4, 0.5) is 4.79 Å². The molecule has 1 aliphatic heterocycles. The molecule has 8 heteroatoms. The van der Waals surface area contributed by atoms with Crippen molar-refractivity contribution < 1.29 is 18.7 Å². The average molecular weight is 425 g/mol. The van der Waals surface area contributed by atoms with Crippen molar-refractivity contribution in [2.45, 2.75) is 26.4 Å². The third-order valence-electron chi connectivity index (χ3n) is 5.70. The monoisotopic (exact) mass is 424 g/mol. The smallest absolute Gasteiger partial charge is 0.317 e. The highest BCUT2D eigenvalue weighted by molar-refractivity contribution is 5.98. The Morgan fingerprint density at radius 1 is 1.23 bits per heavy atom. The number of urea groups is 1. The Hall–Kier alpha value is -3.42. The molecule has 2 aromatic heterocycles. The van der Waals surface area contributed by atoms with Gasteiger partial charge in [-0.1, -0.05) is 12.1 Å². The van der Waals surface area contributed by atoms with Crippen molar-refractivity contribution in [3.8, 4) is 5.75 Å². The predicted octanol–water partition coefficient (Wildman–Crippen LogP) is 3.17. The molecule has 31 heavy (non-hydrogen) atoms. The summed E-state index contributed by atoms with van der Waals surface area (Å²) in [5.41, 5.74) is 2.26. The number of carbonyl (C=O) groups is 2. The van der Waals surface area contributed by atoms with Crippen LogP contribution in [0.25, 0.3) is 11.1 Å². The van der Waals surface area contributed by atoms with Gasteiger partial charge in [0.1, 0.15) is 11.4 Å². The molecule has 0 aliphatic carbocycles. The summed E-state index contributed by atoms with van der Waals surface area (Å²) in [5, 5.41) is 3.73. The Morgan fingerprint density at radius 2 is 2.06 bits per heavy atom. The Labute approximate surface area is 181 Å². The van der Waals surface area contributed by atoms with Gasteiger partial charge in [-0.15, -0.1) is 0 Å². The Morgan fingerprint density at radius 3 is 2.81 bits per heavy atom. The minimum absolute atomic E-state index is 0.0586. The van der Waals surface area contributed by atoms with Crippen molar-refractivity contribution in [1.82, 2.24) is 19.7 Å². The number of rotatable bonds is 5. The van der Waals surface area contributed by atoms with Gasteiger partial charge in [0.25, 0.3) is 5.91 Å². The van der Waals surface area contributed by atoms with E-state index in [-0.39, 0.29) is 18.0 Å². The highest BCUT2D eigenvalue weighted by Gasteiger charge is 2.31. The minimum atomic E-state index is -0.0824. The summed E-state index contributed by atoms with van der Waals surface area (Å²) in [4.78, 5) is 29.3. The number of nitrogens with zero attached hydrogens (tertiary/aromatic N) is 3. The molecule has 1 saturated heterocycles. The van der Waals surface area contributed by atoms with Crippen molar-refractivity contribution in [1.29, 1.82) is 0 Å². The number of fused-ring (bicyclic) bond motifs is 1. The van der Waals surface area contributed by atoms with Gasteiger partial charge >= 0.3 is 6.03 Å². The number of hydrogen-bond donors (Lipinski definition) is 1. The van der Waals surface area contributed by atoms with Gasteiger partial charge in [-0.2, -0.15) is 0 Å². The topological polar surface area (TPSA) is 80.0 Å². The van der Waals surface area contributed by atoms with Crippen LogP contribution >= 0.6 is 0 Å². The van der Waals surface area contributed by atoms with Crippen LogP contribution in [0.15, 0.2) is 47.1 Å². The third-order valence-corrected chi connectivity index (χ3v) is 5.70. The Kier molecular flexibility index (Phi) is 5.88. The van der Waals surface area contributed by atoms with E-state index in [2.05, 4.69) is 5.32 Å². The molecule has 1 unspecified atom stereocenters. The standard InChI is InChI=1S/C23H28N4O4/c1-4-24-23(29)26-10-9-25(14-16(26)2)21(28)20-13-18-8-11-31-22(18)27(20)15-17-6-5-7-19(12-17)30-3/h5-8,11-13,16H,4,9-10,14-15H2,1-3H3,(H,24,29). The number of nitrogens with one attached hydrogen (secondary N) is 1. The molecule has 4 rings (SSSR count). The van der Waals surface area contributed by atoms with Crippen LogP contribution in [0, 0.1) is 0 Å². The first-order valence-electron chi connectivity index (χ1n) is 10.5. The first-order valence-corrected chi connectivity index (χ1v) is 10.5. The van der Waals surface area contributed by atoms with Crippen molar-refractivity contribution in [2.24, 2.45) is 0 Å². The zero-order valence-electron chi connectivity index (χ0n) is 18.1. The van der Waals surface area contributed by atoms with Crippen molar-refractivity contribution in [2.75, 3.05) is 33.3 Å². The number of benzene rings is 1. The lowest BCUT2D eigenvalue weighted by molar-refractivity contribution is 0.0570. The van der Waals surface area contributed by atoms with E-state index in [9.17, 15) is 9.59 Å². The number of piperazine rings is 1. The van der Waals surface area contributed by atoms with E-state index in [1.165, 1.54) is 0 Å². The van der Waals surface area contributed by atoms with Crippen molar-refractivity contribution in [3.05, 3.63) is 53.9 Å². The molecule has 1 N–H and O–H groups in total. The Bertz CT molecular complexity index is 1090. The van der Waals surface area contributed by atoms with Crippen LogP contribution in [-0.2, 0) is 6.54 Å². The van der Waals surface area contributed by atoms with Gasteiger partial charge in [-0.05, 0) is 43.7 Å². The maximum atomic E-state index is 13.5. The molecular formula is C23H28N4O4. The molecule has 3 amide bonds. The second-order valence-corrected chi connectivity index (χ2v) is 7.78. The molecule has 3 heterocycles. The molecule has 0 radical (unpaired) electrons. The average Bonchev–Trinajstić information content (AvgIpc) is 3.36. The van der Waals surface area contributed by atoms with Gasteiger partial charge in [0, 0.05) is 37.6 Å². The molecule has 1 aliphatic rings. The fourth-order valence-corrected chi connectivity index (χ4v) is 4.12. The molecule has 0 saturated carbocycles. The van der Waals surface area contributed by atoms with E-state index >= 15 is 0 Å². The lowest BCUT2D eigenvalue weighted by Crippen LogP contribution is -2.57. The van der Waals surface area contributed by atoms with E-state index in [0.29, 0.717) is 44.1 Å². The summed E-state index contributed by atoms with van der Waals surface area (Å²) < 4.78 is 12.9. The predicted molar refractivity (Wildman–Crippen MR) is 117 cm³/mol. The summed E-state index contributed by atoms with van der Waals surface area (Å²) >= 11 is 0. The number of aromatic nitrogens is 1. The lowest BCUT2D eigenvalue weighted by atomic mass is 10.1. The van der Waals surface area contributed by atoms with E-state index in [4.69, 9.17) is 9.15 Å². The van der Waals surface area contributed by atoms with E-state index in [1.807, 2.05) is 59.7 Å². The molecule has 0 bridgehead atoms. The molecule has 1 atom stereocenters. The Balaban J connectivity index is 1.58. The zero-order chi connectivity index (χ0) is 22.0. The van der Waals surface area contributed by atoms with Gasteiger partial charge in [-0.25, -0.2) is 4.79 Å². The van der Waals surface area contributed by atoms with Gasteiger partial charge in [0.05, 0.1) is 19.9 Å². The van der Waals surface area contributed by atoms with Gasteiger partial charge in [0.2, 0.25) is 5.71 Å². The number of methoxy groups -OCH3 is 1. The highest BCUT2D eigenvalue weighted by atomic mass is 16.5. The van der Waals surface area contributed by atoms with Gasteiger partial charge < -0.3 is 28.8 Å². The second kappa shape index (κ2) is 8.75. The van der Waals surface area contributed by atoms with Crippen LogP contribution < -0.4 is 10.1 Å². The molecular weight excluding hydrogens is 396 g/mol. The first kappa shape index (κ1) is 20.8. The molecule has 164 valence electrons. The number of amides is 3. The van der Waals surface area contributed by atoms with Crippen LogP contribution in [0.1, 0.15) is 29.9 Å². The van der Waals surface area contributed by atoms with Gasteiger partial charge in [-0.3, -0.25) is 4.79 Å². The van der Waals surface area contributed by atoms with Crippen LogP contribution in [0.3, 0.4) is 0 Å². The SMILES string of the molecule is CCNC(=O)N1CCN(C(=O)c2cc3ccoc3n2Cc2cccc(OC)c2)CC1C. The third kappa shape index (κ3) is 4.10. The fourth-order valence-electron chi connectivity index (χ4n) is 4.12. The molecule has 8 nitrogen and oxygen atoms in total. The number of carbonyl (C=O) groups excluding carboxylic acids is 2. The maximum absolute atomic E-state index is 13.5. The van der Waals surface area contributed by atoms with Crippen LogP contribution in [-0.4, -0.2) is 65.6 Å². The normalized spacial score (nSPS) is 16.5. The molecule has 1 aromatic carbocycles. The van der Waals surface area contributed by atoms with Crippen molar-refractivity contribution >= 4 is 23.0 Å². The highest BCUT2D eigenvalue weighted by Crippen LogP contribution is 2.25. The first-order chi connectivity index (χ1) is 15.0. The van der Waals surface area contributed by atoms with E-state index in [1.54, 1.807) is 18.3 Å². The summed E-state index contributed by atoms with van der Waals surface area (Å²) in [6.07, 6.45) is 1.63. The summed E-state index contributed by atoms with van der Waals surface area (Å²) in [5.74, 6) is 0.709. The van der Waals surface area contributed by atoms with E-state index in [0.717, 1.165) is 16.7 Å². The minimum Gasteiger partial charge on any atom is -0.497 e. The second-order valence-electron chi connectivity index (χ2n) is 7.78. The quantitative estimate of drug-likeness (QED) is 0.682. The molecule has 1 fully saturated rings. The summed E-state index contributed by atoms with van der Waals surface area (Å²) in [6, 6.07) is 11.4. The molecule has 0 spiro atoms. The largest absolute Gasteiger partial charge is 0.497 e. The van der Waals surface area contributed by atoms with Crippen LogP contribution in [0.5, 0.6) is 5.75 Å². The maximum Gasteiger partial charge on any atom is 0.317 e. The lowest BCUT2D eigenvalue weighted by Gasteiger charge is -2.39.